The summed E-state index contributed by atoms with van der Waals surface area (Å²) in [5.41, 5.74) is 0.841. The molecule has 2 aromatic carbocycles. The Labute approximate surface area is 129 Å². The highest BCUT2D eigenvalue weighted by Gasteiger charge is 2.10. The van der Waals surface area contributed by atoms with Crippen LogP contribution in [0.4, 0.5) is 4.39 Å². The van der Waals surface area contributed by atoms with Crippen molar-refractivity contribution < 1.29 is 13.9 Å². The number of benzene rings is 2. The second-order valence-corrected chi connectivity index (χ2v) is 4.90. The summed E-state index contributed by atoms with van der Waals surface area (Å²) in [6.45, 7) is 0.533. The van der Waals surface area contributed by atoms with Gasteiger partial charge in [0.15, 0.2) is 0 Å². The number of hydrogen-bond donors (Lipinski definition) is 0. The first-order valence-corrected chi connectivity index (χ1v) is 7.15. The van der Waals surface area contributed by atoms with Crippen molar-refractivity contribution in [3.8, 4) is 17.6 Å². The molecule has 2 aromatic rings. The summed E-state index contributed by atoms with van der Waals surface area (Å²) in [5.74, 6) is 1.03. The molecule has 4 heteroatoms. The van der Waals surface area contributed by atoms with Crippen LogP contribution in [0, 0.1) is 17.1 Å². The molecule has 22 heavy (non-hydrogen) atoms. The van der Waals surface area contributed by atoms with Crippen LogP contribution in [0.2, 0.25) is 0 Å². The van der Waals surface area contributed by atoms with Crippen molar-refractivity contribution in [1.82, 2.24) is 0 Å². The minimum atomic E-state index is -0.289. The van der Waals surface area contributed by atoms with Crippen LogP contribution in [0.3, 0.4) is 0 Å². The monoisotopic (exact) mass is 299 g/mol. The van der Waals surface area contributed by atoms with Crippen molar-refractivity contribution in [1.29, 1.82) is 5.26 Å². The molecule has 1 atom stereocenters. The van der Waals surface area contributed by atoms with Gasteiger partial charge in [0.2, 0.25) is 0 Å². The van der Waals surface area contributed by atoms with Crippen LogP contribution in [0.1, 0.15) is 24.3 Å². The highest BCUT2D eigenvalue weighted by molar-refractivity contribution is 5.31. The van der Waals surface area contributed by atoms with Gasteiger partial charge >= 0.3 is 0 Å². The van der Waals surface area contributed by atoms with Gasteiger partial charge in [-0.15, -0.1) is 0 Å². The Balaban J connectivity index is 1.79. The van der Waals surface area contributed by atoms with Crippen LogP contribution in [0.15, 0.2) is 48.5 Å². The van der Waals surface area contributed by atoms with E-state index >= 15 is 0 Å². The van der Waals surface area contributed by atoms with E-state index in [1.165, 1.54) is 12.1 Å². The van der Waals surface area contributed by atoms with Crippen molar-refractivity contribution in [2.45, 2.75) is 18.8 Å². The van der Waals surface area contributed by atoms with Crippen LogP contribution in [-0.4, -0.2) is 13.7 Å². The lowest BCUT2D eigenvalue weighted by Gasteiger charge is -2.10. The molecule has 0 aliphatic rings. The van der Waals surface area contributed by atoms with Crippen molar-refractivity contribution in [3.05, 3.63) is 59.9 Å². The molecule has 0 amide bonds. The van der Waals surface area contributed by atoms with Crippen molar-refractivity contribution >= 4 is 0 Å². The predicted molar refractivity (Wildman–Crippen MR) is 82.5 cm³/mol. The summed E-state index contributed by atoms with van der Waals surface area (Å²) in [6, 6.07) is 15.7. The van der Waals surface area contributed by atoms with Crippen LogP contribution >= 0.6 is 0 Å². The largest absolute Gasteiger partial charge is 0.497 e. The molecular weight excluding hydrogens is 281 g/mol. The second kappa shape index (κ2) is 8.04. The number of rotatable bonds is 7. The van der Waals surface area contributed by atoms with Crippen molar-refractivity contribution in [2.24, 2.45) is 0 Å². The number of hydrogen-bond acceptors (Lipinski definition) is 3. The van der Waals surface area contributed by atoms with E-state index in [0.717, 1.165) is 23.5 Å². The molecule has 0 aromatic heterocycles. The zero-order chi connectivity index (χ0) is 15.8. The van der Waals surface area contributed by atoms with Crippen LogP contribution < -0.4 is 9.47 Å². The first kappa shape index (κ1) is 15.8. The Hall–Kier alpha value is -2.54. The van der Waals surface area contributed by atoms with Crippen molar-refractivity contribution in [2.75, 3.05) is 13.7 Å². The summed E-state index contributed by atoms with van der Waals surface area (Å²) in [4.78, 5) is 0. The summed E-state index contributed by atoms with van der Waals surface area (Å²) in [5, 5.41) is 9.22. The highest BCUT2D eigenvalue weighted by atomic mass is 19.1. The van der Waals surface area contributed by atoms with Gasteiger partial charge in [0.05, 0.1) is 25.7 Å². The third-order valence-electron chi connectivity index (χ3n) is 3.39. The third kappa shape index (κ3) is 4.49. The van der Waals surface area contributed by atoms with E-state index in [9.17, 15) is 9.65 Å². The number of methoxy groups -OCH3 is 1. The number of ether oxygens (including phenoxy) is 2. The van der Waals surface area contributed by atoms with E-state index in [2.05, 4.69) is 6.07 Å². The predicted octanol–water partition coefficient (Wildman–Crippen LogP) is 4.30. The average molecular weight is 299 g/mol. The minimum Gasteiger partial charge on any atom is -0.497 e. The van der Waals surface area contributed by atoms with Crippen LogP contribution in [0.5, 0.6) is 11.5 Å². The maximum atomic E-state index is 12.9. The normalized spacial score (nSPS) is 11.5. The number of nitrogens with zero attached hydrogens (tertiary/aromatic N) is 1. The number of nitriles is 1. The Kier molecular flexibility index (Phi) is 5.79. The lowest BCUT2D eigenvalue weighted by Crippen LogP contribution is -2.02. The van der Waals surface area contributed by atoms with E-state index in [1.807, 2.05) is 24.3 Å². The van der Waals surface area contributed by atoms with E-state index in [-0.39, 0.29) is 11.7 Å². The maximum absolute atomic E-state index is 12.9. The molecule has 0 spiro atoms. The van der Waals surface area contributed by atoms with Gasteiger partial charge in [0, 0.05) is 0 Å². The highest BCUT2D eigenvalue weighted by Crippen LogP contribution is 2.22. The van der Waals surface area contributed by atoms with Gasteiger partial charge in [-0.1, -0.05) is 12.1 Å². The Morgan fingerprint density at radius 3 is 2.27 bits per heavy atom. The Bertz CT molecular complexity index is 617. The zero-order valence-corrected chi connectivity index (χ0v) is 12.5. The van der Waals surface area contributed by atoms with Crippen molar-refractivity contribution in [3.63, 3.8) is 0 Å². The lowest BCUT2D eigenvalue weighted by molar-refractivity contribution is 0.304. The summed E-state index contributed by atoms with van der Waals surface area (Å²) >= 11 is 0. The van der Waals surface area contributed by atoms with E-state index in [1.54, 1.807) is 19.2 Å². The molecule has 0 radical (unpaired) electrons. The number of halogens is 1. The standard InChI is InChI=1S/C18H18FNO2/c1-21-17-8-10-18(11-9-17)22-12-2-3-15(13-20)14-4-6-16(19)7-5-14/h4-11,15H,2-3,12H2,1H3. The first-order valence-electron chi connectivity index (χ1n) is 7.15. The topological polar surface area (TPSA) is 42.2 Å². The van der Waals surface area contributed by atoms with Gasteiger partial charge in [-0.2, -0.15) is 5.26 Å². The van der Waals surface area contributed by atoms with Gasteiger partial charge in [-0.3, -0.25) is 0 Å². The van der Waals surface area contributed by atoms with Gasteiger partial charge in [-0.05, 0) is 54.8 Å². The maximum Gasteiger partial charge on any atom is 0.123 e. The van der Waals surface area contributed by atoms with Gasteiger partial charge in [0.25, 0.3) is 0 Å². The SMILES string of the molecule is COc1ccc(OCCCC(C#N)c2ccc(F)cc2)cc1. The van der Waals surface area contributed by atoms with E-state index in [0.29, 0.717) is 13.0 Å². The fourth-order valence-electron chi connectivity index (χ4n) is 2.15. The van der Waals surface area contributed by atoms with Gasteiger partial charge in [0.1, 0.15) is 17.3 Å². The molecule has 0 N–H and O–H groups in total. The average Bonchev–Trinajstić information content (AvgIpc) is 2.56. The van der Waals surface area contributed by atoms with Gasteiger partial charge < -0.3 is 9.47 Å². The fourth-order valence-corrected chi connectivity index (χ4v) is 2.15. The summed E-state index contributed by atoms with van der Waals surface area (Å²) in [6.07, 6.45) is 1.43. The molecule has 0 bridgehead atoms. The minimum absolute atomic E-state index is 0.236. The van der Waals surface area contributed by atoms with Crippen LogP contribution in [0.25, 0.3) is 0 Å². The molecule has 0 saturated carbocycles. The second-order valence-electron chi connectivity index (χ2n) is 4.90. The fraction of sp³-hybridized carbons (Fsp3) is 0.278. The van der Waals surface area contributed by atoms with Gasteiger partial charge in [-0.25, -0.2) is 4.39 Å². The molecule has 2 rings (SSSR count). The molecular formula is C18H18FNO2. The van der Waals surface area contributed by atoms with E-state index in [4.69, 9.17) is 9.47 Å². The molecule has 1 unspecified atom stereocenters. The molecule has 3 nitrogen and oxygen atoms in total. The van der Waals surface area contributed by atoms with E-state index < -0.39 is 0 Å². The lowest BCUT2D eigenvalue weighted by atomic mass is 9.96. The Morgan fingerprint density at radius 2 is 1.68 bits per heavy atom. The molecule has 0 fully saturated rings. The quantitative estimate of drug-likeness (QED) is 0.716. The molecule has 0 aliphatic carbocycles. The first-order chi connectivity index (χ1) is 10.7. The smallest absolute Gasteiger partial charge is 0.123 e. The van der Waals surface area contributed by atoms with Crippen LogP contribution in [-0.2, 0) is 0 Å². The molecule has 0 aliphatic heterocycles. The third-order valence-corrected chi connectivity index (χ3v) is 3.39. The molecule has 114 valence electrons. The summed E-state index contributed by atoms with van der Waals surface area (Å²) in [7, 11) is 1.62. The summed E-state index contributed by atoms with van der Waals surface area (Å²) < 4.78 is 23.6. The zero-order valence-electron chi connectivity index (χ0n) is 12.5. The molecule has 0 saturated heterocycles. The Morgan fingerprint density at radius 1 is 1.05 bits per heavy atom. The molecule has 0 heterocycles.